The minimum atomic E-state index is -0.444. The zero-order chi connectivity index (χ0) is 16.6. The van der Waals surface area contributed by atoms with Gasteiger partial charge in [-0.3, -0.25) is 4.79 Å². The smallest absolute Gasteiger partial charge is 0.307 e. The molecule has 0 bridgehead atoms. The molecule has 0 unspecified atom stereocenters. The number of carbonyl (C=O) groups is 1. The summed E-state index contributed by atoms with van der Waals surface area (Å²) in [7, 11) is 0. The zero-order valence-corrected chi connectivity index (χ0v) is 18.0. The number of hydrazone groups is 1. The van der Waals surface area contributed by atoms with Gasteiger partial charge in [-0.15, -0.1) is 0 Å². The fourth-order valence-electron chi connectivity index (χ4n) is 1.82. The number of nitrogens with one attached hydrogen (secondary N) is 1. The van der Waals surface area contributed by atoms with Crippen LogP contribution in [0.3, 0.4) is 0 Å². The lowest BCUT2D eigenvalue weighted by Gasteiger charge is -1.95. The Balaban J connectivity index is 1.77. The minimum Gasteiger partial charge on any atom is -0.450 e. The summed E-state index contributed by atoms with van der Waals surface area (Å²) in [5.41, 5.74) is 3.01. The number of furan rings is 2. The molecule has 0 atom stereocenters. The first-order valence-electron chi connectivity index (χ1n) is 6.11. The molecular formula is C14H6Br3IN2O3. The number of hydrogen-bond donors (Lipinski definition) is 1. The van der Waals surface area contributed by atoms with Gasteiger partial charge in [0.25, 0.3) is 0 Å². The van der Waals surface area contributed by atoms with Crippen molar-refractivity contribution in [2.45, 2.75) is 0 Å². The number of fused-ring (bicyclic) bond motifs is 1. The Labute approximate surface area is 169 Å². The highest BCUT2D eigenvalue weighted by Gasteiger charge is 2.14. The molecule has 2 aromatic heterocycles. The maximum atomic E-state index is 12.1. The van der Waals surface area contributed by atoms with Crippen LogP contribution in [0, 0.1) is 3.77 Å². The molecule has 0 aliphatic heterocycles. The lowest BCUT2D eigenvalue weighted by molar-refractivity contribution is 0.0929. The van der Waals surface area contributed by atoms with Crippen LogP contribution in [0.15, 0.2) is 51.6 Å². The van der Waals surface area contributed by atoms with E-state index in [4.69, 9.17) is 8.83 Å². The van der Waals surface area contributed by atoms with E-state index in [0.717, 1.165) is 18.8 Å². The maximum absolute atomic E-state index is 12.1. The van der Waals surface area contributed by atoms with E-state index in [1.165, 1.54) is 6.21 Å². The SMILES string of the molecule is O=C(N/N=C\c1cc(Br)c(I)o1)c1cc2cc(Br)cc(Br)c2o1. The van der Waals surface area contributed by atoms with E-state index >= 15 is 0 Å². The van der Waals surface area contributed by atoms with Crippen molar-refractivity contribution < 1.29 is 13.6 Å². The summed E-state index contributed by atoms with van der Waals surface area (Å²) in [6.45, 7) is 0. The molecule has 5 nitrogen and oxygen atoms in total. The van der Waals surface area contributed by atoms with E-state index < -0.39 is 5.91 Å². The molecule has 0 aliphatic carbocycles. The molecule has 0 saturated carbocycles. The van der Waals surface area contributed by atoms with E-state index in [2.05, 4.69) is 58.3 Å². The first-order valence-corrected chi connectivity index (χ1v) is 9.56. The number of rotatable bonds is 3. The van der Waals surface area contributed by atoms with Crippen LogP contribution in [0.5, 0.6) is 0 Å². The van der Waals surface area contributed by atoms with Gasteiger partial charge in [0, 0.05) is 38.5 Å². The number of amides is 1. The topological polar surface area (TPSA) is 67.7 Å². The number of nitrogens with zero attached hydrogens (tertiary/aromatic N) is 1. The van der Waals surface area contributed by atoms with Crippen molar-refractivity contribution in [2.75, 3.05) is 0 Å². The largest absolute Gasteiger partial charge is 0.450 e. The van der Waals surface area contributed by atoms with Crippen LogP contribution < -0.4 is 5.43 Å². The van der Waals surface area contributed by atoms with Crippen LogP contribution in [0.4, 0.5) is 0 Å². The van der Waals surface area contributed by atoms with E-state index in [-0.39, 0.29) is 5.76 Å². The highest BCUT2D eigenvalue weighted by Crippen LogP contribution is 2.31. The van der Waals surface area contributed by atoms with Crippen molar-refractivity contribution in [2.24, 2.45) is 5.10 Å². The highest BCUT2D eigenvalue weighted by atomic mass is 127. The molecule has 23 heavy (non-hydrogen) atoms. The Morgan fingerprint density at radius 3 is 2.61 bits per heavy atom. The van der Waals surface area contributed by atoms with Crippen LogP contribution in [-0.2, 0) is 0 Å². The van der Waals surface area contributed by atoms with Gasteiger partial charge in [-0.25, -0.2) is 5.43 Å². The van der Waals surface area contributed by atoms with Crippen molar-refractivity contribution in [1.29, 1.82) is 0 Å². The number of benzene rings is 1. The van der Waals surface area contributed by atoms with E-state index in [0.29, 0.717) is 15.1 Å². The fourth-order valence-corrected chi connectivity index (χ4v) is 3.88. The Morgan fingerprint density at radius 1 is 1.13 bits per heavy atom. The quantitative estimate of drug-likeness (QED) is 0.234. The number of hydrogen-bond acceptors (Lipinski definition) is 4. The molecule has 1 N–H and O–H groups in total. The monoisotopic (exact) mass is 614 g/mol. The van der Waals surface area contributed by atoms with E-state index in [1.807, 2.05) is 34.7 Å². The van der Waals surface area contributed by atoms with Gasteiger partial charge >= 0.3 is 5.91 Å². The molecule has 1 aromatic carbocycles. The molecule has 118 valence electrons. The van der Waals surface area contributed by atoms with Crippen molar-refractivity contribution in [3.8, 4) is 0 Å². The predicted molar refractivity (Wildman–Crippen MR) is 106 cm³/mol. The second-order valence-electron chi connectivity index (χ2n) is 4.39. The Morgan fingerprint density at radius 2 is 1.91 bits per heavy atom. The molecule has 0 saturated heterocycles. The third-order valence-electron chi connectivity index (χ3n) is 2.78. The number of carbonyl (C=O) groups excluding carboxylic acids is 1. The van der Waals surface area contributed by atoms with Gasteiger partial charge in [-0.1, -0.05) is 15.9 Å². The van der Waals surface area contributed by atoms with Crippen molar-refractivity contribution >= 4 is 93.5 Å². The van der Waals surface area contributed by atoms with Gasteiger partial charge < -0.3 is 8.83 Å². The highest BCUT2D eigenvalue weighted by molar-refractivity contribution is 14.1. The summed E-state index contributed by atoms with van der Waals surface area (Å²) >= 11 is 12.2. The summed E-state index contributed by atoms with van der Waals surface area (Å²) < 4.78 is 14.1. The molecule has 0 aliphatic rings. The Bertz CT molecular complexity index is 913. The summed E-state index contributed by atoms with van der Waals surface area (Å²) in [5.74, 6) is 0.254. The minimum absolute atomic E-state index is 0.172. The van der Waals surface area contributed by atoms with Crippen LogP contribution in [0.25, 0.3) is 11.0 Å². The number of halogens is 4. The summed E-state index contributed by atoms with van der Waals surface area (Å²) in [6, 6.07) is 7.13. The Hall–Kier alpha value is -0.650. The molecule has 3 aromatic rings. The van der Waals surface area contributed by atoms with Crippen LogP contribution in [0.2, 0.25) is 0 Å². The molecule has 0 spiro atoms. The lowest BCUT2D eigenvalue weighted by atomic mass is 10.2. The average molecular weight is 617 g/mol. The Kier molecular flexibility index (Phi) is 5.29. The van der Waals surface area contributed by atoms with Crippen molar-refractivity contribution in [3.63, 3.8) is 0 Å². The van der Waals surface area contributed by atoms with Crippen molar-refractivity contribution in [1.82, 2.24) is 5.43 Å². The van der Waals surface area contributed by atoms with Gasteiger partial charge in [0.05, 0.1) is 15.2 Å². The van der Waals surface area contributed by atoms with Crippen molar-refractivity contribution in [3.05, 3.63) is 53.0 Å². The summed E-state index contributed by atoms with van der Waals surface area (Å²) in [6.07, 6.45) is 1.42. The van der Waals surface area contributed by atoms with Crippen LogP contribution in [0.1, 0.15) is 16.3 Å². The first kappa shape index (κ1) is 17.2. The third kappa shape index (κ3) is 3.89. The molecule has 1 amide bonds. The summed E-state index contributed by atoms with van der Waals surface area (Å²) in [4.78, 5) is 12.1. The van der Waals surface area contributed by atoms with E-state index in [1.54, 1.807) is 12.1 Å². The lowest BCUT2D eigenvalue weighted by Crippen LogP contribution is -2.16. The molecule has 3 rings (SSSR count). The predicted octanol–water partition coefficient (Wildman–Crippen LogP) is 5.68. The zero-order valence-electron chi connectivity index (χ0n) is 11.1. The standard InChI is InChI=1S/C14H6Br3IN2O3/c15-7-1-6-2-11(23-12(6)9(16)3-7)14(21)20-19-5-8-4-10(17)13(18)22-8/h1-5H,(H,20,21)/b19-5-. The molecule has 0 fully saturated rings. The van der Waals surface area contributed by atoms with E-state index in [9.17, 15) is 4.79 Å². The van der Waals surface area contributed by atoms with Gasteiger partial charge in [0.2, 0.25) is 0 Å². The second kappa shape index (κ2) is 7.08. The molecule has 2 heterocycles. The third-order valence-corrected chi connectivity index (χ3v) is 5.96. The molecule has 0 radical (unpaired) electrons. The van der Waals surface area contributed by atoms with Gasteiger partial charge in [-0.2, -0.15) is 5.10 Å². The molecule has 9 heteroatoms. The first-order chi connectivity index (χ1) is 10.9. The summed E-state index contributed by atoms with van der Waals surface area (Å²) in [5, 5.41) is 4.67. The average Bonchev–Trinajstić information content (AvgIpc) is 3.03. The van der Waals surface area contributed by atoms with Gasteiger partial charge in [0.1, 0.15) is 11.3 Å². The van der Waals surface area contributed by atoms with Gasteiger partial charge in [-0.05, 0) is 50.1 Å². The maximum Gasteiger partial charge on any atom is 0.307 e. The normalized spacial score (nSPS) is 11.5. The molecular weight excluding hydrogens is 611 g/mol. The fraction of sp³-hybridized carbons (Fsp3) is 0. The second-order valence-corrected chi connectivity index (χ2v) is 7.99. The van der Waals surface area contributed by atoms with Gasteiger partial charge in [0.15, 0.2) is 9.53 Å². The van der Waals surface area contributed by atoms with Crippen LogP contribution >= 0.6 is 70.4 Å². The van der Waals surface area contributed by atoms with Crippen LogP contribution in [-0.4, -0.2) is 12.1 Å².